The number of esters is 1. The van der Waals surface area contributed by atoms with Crippen LogP contribution in [0.3, 0.4) is 0 Å². The van der Waals surface area contributed by atoms with Crippen molar-refractivity contribution in [2.45, 2.75) is 17.9 Å². The highest BCUT2D eigenvalue weighted by Gasteiger charge is 2.16. The van der Waals surface area contributed by atoms with Crippen LogP contribution in [0.4, 0.5) is 0 Å². The van der Waals surface area contributed by atoms with Crippen molar-refractivity contribution in [3.63, 3.8) is 0 Å². The van der Waals surface area contributed by atoms with E-state index in [1.54, 1.807) is 19.2 Å². The van der Waals surface area contributed by atoms with Crippen LogP contribution in [0.2, 0.25) is 0 Å². The van der Waals surface area contributed by atoms with E-state index in [1.807, 2.05) is 0 Å². The minimum atomic E-state index is -0.619. The second kappa shape index (κ2) is 5.48. The lowest BCUT2D eigenvalue weighted by Crippen LogP contribution is -2.04. The monoisotopic (exact) mass is 255 g/mol. The molecule has 8 heteroatoms. The van der Waals surface area contributed by atoms with E-state index in [1.165, 1.54) is 11.8 Å². The van der Waals surface area contributed by atoms with E-state index in [4.69, 9.17) is 13.7 Å². The summed E-state index contributed by atoms with van der Waals surface area (Å²) in [6.45, 7) is 1.97. The van der Waals surface area contributed by atoms with Gasteiger partial charge in [0.1, 0.15) is 5.76 Å². The highest BCUT2D eigenvalue weighted by atomic mass is 32.2. The van der Waals surface area contributed by atoms with Crippen LogP contribution in [0.5, 0.6) is 0 Å². The van der Waals surface area contributed by atoms with Gasteiger partial charge in [-0.1, -0.05) is 22.0 Å². The molecule has 0 saturated carbocycles. The van der Waals surface area contributed by atoms with Gasteiger partial charge in [-0.2, -0.15) is 0 Å². The lowest BCUT2D eigenvalue weighted by atomic mass is 10.5. The normalized spacial score (nSPS) is 10.4. The number of nitrogens with zero attached hydrogens (tertiary/aromatic N) is 3. The third-order valence-corrected chi connectivity index (χ3v) is 2.53. The van der Waals surface area contributed by atoms with Crippen LogP contribution in [0, 0.1) is 0 Å². The van der Waals surface area contributed by atoms with Gasteiger partial charge in [0.2, 0.25) is 0 Å². The summed E-state index contributed by atoms with van der Waals surface area (Å²) in [5, 5.41) is 11.1. The first-order valence-electron chi connectivity index (χ1n) is 4.82. The minimum absolute atomic E-state index is 0.146. The van der Waals surface area contributed by atoms with Crippen molar-refractivity contribution in [1.82, 2.24) is 15.4 Å². The van der Waals surface area contributed by atoms with Crippen LogP contribution in [-0.4, -0.2) is 27.9 Å². The molecule has 0 N–H and O–H groups in total. The average molecular weight is 255 g/mol. The Labute approximate surface area is 101 Å². The van der Waals surface area contributed by atoms with Gasteiger partial charge < -0.3 is 13.7 Å². The zero-order valence-electron chi connectivity index (χ0n) is 8.95. The van der Waals surface area contributed by atoms with Gasteiger partial charge in [-0.25, -0.2) is 4.79 Å². The van der Waals surface area contributed by atoms with E-state index in [9.17, 15) is 4.79 Å². The fourth-order valence-corrected chi connectivity index (χ4v) is 1.64. The molecular weight excluding hydrogens is 246 g/mol. The molecule has 2 aromatic rings. The third kappa shape index (κ3) is 3.06. The van der Waals surface area contributed by atoms with Crippen molar-refractivity contribution < 1.29 is 18.5 Å². The fraction of sp³-hybridized carbons (Fsp3) is 0.333. The first kappa shape index (κ1) is 11.6. The van der Waals surface area contributed by atoms with E-state index < -0.39 is 5.97 Å². The van der Waals surface area contributed by atoms with E-state index in [0.29, 0.717) is 11.5 Å². The Morgan fingerprint density at radius 1 is 1.53 bits per heavy atom. The van der Waals surface area contributed by atoms with Crippen LogP contribution in [-0.2, 0) is 10.5 Å². The molecule has 2 rings (SSSR count). The highest BCUT2D eigenvalue weighted by Crippen LogP contribution is 2.21. The Kier molecular flexibility index (Phi) is 3.76. The van der Waals surface area contributed by atoms with Crippen molar-refractivity contribution in [1.29, 1.82) is 0 Å². The zero-order chi connectivity index (χ0) is 12.1. The van der Waals surface area contributed by atoms with E-state index in [0.717, 1.165) is 0 Å². The maximum absolute atomic E-state index is 11.2. The summed E-state index contributed by atoms with van der Waals surface area (Å²) in [7, 11) is 0. The van der Waals surface area contributed by atoms with Crippen molar-refractivity contribution in [3.8, 4) is 0 Å². The van der Waals surface area contributed by atoms with Gasteiger partial charge in [0.15, 0.2) is 0 Å². The topological polar surface area (TPSA) is 91.2 Å². The van der Waals surface area contributed by atoms with Crippen LogP contribution in [0.1, 0.15) is 23.4 Å². The molecule has 7 nitrogen and oxygen atoms in total. The molecule has 0 saturated heterocycles. The molecule has 2 heterocycles. The van der Waals surface area contributed by atoms with E-state index in [2.05, 4.69) is 15.4 Å². The number of carbonyl (C=O) groups is 1. The lowest BCUT2D eigenvalue weighted by Gasteiger charge is -1.94. The van der Waals surface area contributed by atoms with Crippen LogP contribution in [0.25, 0.3) is 0 Å². The summed E-state index contributed by atoms with van der Waals surface area (Å²) in [6.07, 6.45) is 1.55. The maximum Gasteiger partial charge on any atom is 0.396 e. The summed E-state index contributed by atoms with van der Waals surface area (Å²) >= 11 is 1.25. The highest BCUT2D eigenvalue weighted by molar-refractivity contribution is 7.98. The molecule has 0 aromatic carbocycles. The smallest absolute Gasteiger partial charge is 0.396 e. The van der Waals surface area contributed by atoms with Crippen LogP contribution in [0.15, 0.2) is 26.4 Å². The number of rotatable bonds is 5. The third-order valence-electron chi connectivity index (χ3n) is 1.69. The first-order chi connectivity index (χ1) is 8.29. The minimum Gasteiger partial charge on any atom is -0.459 e. The van der Waals surface area contributed by atoms with E-state index in [-0.39, 0.29) is 17.7 Å². The van der Waals surface area contributed by atoms with Gasteiger partial charge in [-0.3, -0.25) is 0 Å². The lowest BCUT2D eigenvalue weighted by molar-refractivity contribution is 0.0475. The molecule has 0 aliphatic rings. The molecular formula is C9H9N3O4S. The quantitative estimate of drug-likeness (QED) is 0.586. The van der Waals surface area contributed by atoms with Gasteiger partial charge in [0, 0.05) is 6.07 Å². The van der Waals surface area contributed by atoms with Gasteiger partial charge in [-0.15, -0.1) is 5.10 Å². The van der Waals surface area contributed by atoms with E-state index >= 15 is 0 Å². The predicted molar refractivity (Wildman–Crippen MR) is 56.3 cm³/mol. The molecule has 0 radical (unpaired) electrons. The zero-order valence-corrected chi connectivity index (χ0v) is 9.77. The molecule has 0 aliphatic heterocycles. The summed E-state index contributed by atoms with van der Waals surface area (Å²) in [5.74, 6) is 0.425. The Morgan fingerprint density at radius 2 is 2.41 bits per heavy atom. The van der Waals surface area contributed by atoms with Crippen molar-refractivity contribution in [2.75, 3.05) is 6.61 Å². The predicted octanol–water partition coefficient (Wildman–Crippen LogP) is 1.53. The van der Waals surface area contributed by atoms with Crippen molar-refractivity contribution in [3.05, 3.63) is 23.9 Å². The Balaban J connectivity index is 1.92. The van der Waals surface area contributed by atoms with Crippen LogP contribution < -0.4 is 0 Å². The Morgan fingerprint density at radius 3 is 3.12 bits per heavy atom. The number of hydrogen-bond donors (Lipinski definition) is 0. The van der Waals surface area contributed by atoms with Gasteiger partial charge >= 0.3 is 11.9 Å². The number of ether oxygens (including phenoxy) is 1. The molecule has 0 spiro atoms. The molecule has 0 unspecified atom stereocenters. The average Bonchev–Trinajstić information content (AvgIpc) is 2.98. The molecule has 0 aliphatic carbocycles. The van der Waals surface area contributed by atoms with Gasteiger partial charge in [-0.05, 0) is 6.92 Å². The maximum atomic E-state index is 11.2. The molecule has 0 atom stereocenters. The summed E-state index contributed by atoms with van der Waals surface area (Å²) < 4.78 is 14.7. The number of thioether (sulfide) groups is 1. The second-order valence-corrected chi connectivity index (χ2v) is 3.79. The fourth-order valence-electron chi connectivity index (χ4n) is 0.993. The van der Waals surface area contributed by atoms with Crippen LogP contribution >= 0.6 is 11.8 Å². The van der Waals surface area contributed by atoms with Crippen molar-refractivity contribution >= 4 is 17.7 Å². The summed E-state index contributed by atoms with van der Waals surface area (Å²) in [6, 6.07) is 1.73. The molecule has 90 valence electrons. The Hall–Kier alpha value is -1.83. The molecule has 0 fully saturated rings. The largest absolute Gasteiger partial charge is 0.459 e. The second-order valence-electron chi connectivity index (χ2n) is 2.86. The van der Waals surface area contributed by atoms with Crippen molar-refractivity contribution in [2.24, 2.45) is 0 Å². The molecule has 0 bridgehead atoms. The summed E-state index contributed by atoms with van der Waals surface area (Å²) in [4.78, 5) is 11.2. The molecule has 17 heavy (non-hydrogen) atoms. The van der Waals surface area contributed by atoms with Gasteiger partial charge in [0.05, 0.1) is 18.6 Å². The SMILES string of the molecule is CCOC(=O)c1nnc(SCc2ccno2)o1. The standard InChI is InChI=1S/C9H9N3O4S/c1-2-14-8(13)7-11-12-9(15-7)17-5-6-3-4-10-16-6/h3-4H,2,5H2,1H3. The molecule has 2 aromatic heterocycles. The molecule has 0 amide bonds. The number of hydrogen-bond acceptors (Lipinski definition) is 8. The summed E-state index contributed by atoms with van der Waals surface area (Å²) in [5.41, 5.74) is 0. The van der Waals surface area contributed by atoms with Gasteiger partial charge in [0.25, 0.3) is 5.22 Å². The number of carbonyl (C=O) groups excluding carboxylic acids is 1. The number of aromatic nitrogens is 3. The Bertz CT molecular complexity index is 482. The first-order valence-corrected chi connectivity index (χ1v) is 5.81.